The second-order valence-corrected chi connectivity index (χ2v) is 5.43. The molecule has 8 heteroatoms. The smallest absolute Gasteiger partial charge is 0.135 e. The summed E-state index contributed by atoms with van der Waals surface area (Å²) in [5.74, 6) is 1.89. The fourth-order valence-electron chi connectivity index (χ4n) is 2.71. The molecule has 1 aliphatic rings. The lowest BCUT2D eigenvalue weighted by Gasteiger charge is -2.23. The highest BCUT2D eigenvalue weighted by atomic mass is 16.5. The molecule has 8 nitrogen and oxygen atoms in total. The number of methoxy groups -OCH3 is 3. The minimum Gasteiger partial charge on any atom is -0.496 e. The Bertz CT molecular complexity index is 657. The number of ether oxygens (including phenoxy) is 4. The lowest BCUT2D eigenvalue weighted by molar-refractivity contribution is 0.0158. The zero-order chi connectivity index (χ0) is 16.9. The standard InChI is InChI=1S/C16H22N4O4/c1-21-11-6-14(22-2)16(15(7-11)23-3)13-10-20(19-18-13)9-12-8-17-4-5-24-12/h6-7,10,12,17H,4-5,8-9H2,1-3H3. The lowest BCUT2D eigenvalue weighted by Crippen LogP contribution is -2.40. The summed E-state index contributed by atoms with van der Waals surface area (Å²) in [6.45, 7) is 3.05. The second kappa shape index (κ2) is 7.50. The van der Waals surface area contributed by atoms with Crippen molar-refractivity contribution in [1.29, 1.82) is 0 Å². The number of morpholine rings is 1. The van der Waals surface area contributed by atoms with Gasteiger partial charge in [0.05, 0.1) is 52.3 Å². The van der Waals surface area contributed by atoms with E-state index in [9.17, 15) is 0 Å². The highest BCUT2D eigenvalue weighted by Gasteiger charge is 2.20. The monoisotopic (exact) mass is 334 g/mol. The molecule has 0 bridgehead atoms. The van der Waals surface area contributed by atoms with E-state index in [-0.39, 0.29) is 6.10 Å². The molecular formula is C16H22N4O4. The van der Waals surface area contributed by atoms with E-state index in [1.807, 2.05) is 6.20 Å². The van der Waals surface area contributed by atoms with Gasteiger partial charge in [-0.1, -0.05) is 5.21 Å². The van der Waals surface area contributed by atoms with Crippen LogP contribution in [-0.4, -0.2) is 62.1 Å². The highest BCUT2D eigenvalue weighted by molar-refractivity contribution is 5.75. The number of hydrogen-bond donors (Lipinski definition) is 1. The molecule has 1 aliphatic heterocycles. The fraction of sp³-hybridized carbons (Fsp3) is 0.500. The number of nitrogens with one attached hydrogen (secondary N) is 1. The Kier molecular flexibility index (Phi) is 5.17. The summed E-state index contributed by atoms with van der Waals surface area (Å²) in [5, 5.41) is 11.8. The molecular weight excluding hydrogens is 312 g/mol. The van der Waals surface area contributed by atoms with Gasteiger partial charge in [-0.15, -0.1) is 5.10 Å². The van der Waals surface area contributed by atoms with E-state index in [0.717, 1.165) is 18.7 Å². The summed E-state index contributed by atoms with van der Waals surface area (Å²) < 4.78 is 23.7. The Morgan fingerprint density at radius 1 is 1.21 bits per heavy atom. The van der Waals surface area contributed by atoms with Crippen molar-refractivity contribution in [3.05, 3.63) is 18.3 Å². The number of hydrogen-bond acceptors (Lipinski definition) is 7. The maximum absolute atomic E-state index is 5.70. The zero-order valence-electron chi connectivity index (χ0n) is 14.1. The van der Waals surface area contributed by atoms with Gasteiger partial charge in [0.15, 0.2) is 0 Å². The SMILES string of the molecule is COc1cc(OC)c(-c2cn(CC3CNCCO3)nn2)c(OC)c1. The summed E-state index contributed by atoms with van der Waals surface area (Å²) in [6.07, 6.45) is 1.96. The van der Waals surface area contributed by atoms with Crippen LogP contribution in [0, 0.1) is 0 Å². The summed E-state index contributed by atoms with van der Waals surface area (Å²) in [5.41, 5.74) is 1.42. The predicted molar refractivity (Wildman–Crippen MR) is 87.7 cm³/mol. The van der Waals surface area contributed by atoms with Crippen LogP contribution in [0.2, 0.25) is 0 Å². The number of nitrogens with zero attached hydrogens (tertiary/aromatic N) is 3. The Morgan fingerprint density at radius 2 is 1.96 bits per heavy atom. The molecule has 1 atom stereocenters. The normalized spacial score (nSPS) is 17.5. The van der Waals surface area contributed by atoms with Crippen molar-refractivity contribution in [1.82, 2.24) is 20.3 Å². The Labute approximate surface area is 140 Å². The molecule has 24 heavy (non-hydrogen) atoms. The van der Waals surface area contributed by atoms with Crippen LogP contribution in [0.15, 0.2) is 18.3 Å². The molecule has 1 N–H and O–H groups in total. The first-order chi connectivity index (χ1) is 11.7. The topological polar surface area (TPSA) is 79.7 Å². The van der Waals surface area contributed by atoms with Crippen molar-refractivity contribution in [3.63, 3.8) is 0 Å². The molecule has 1 unspecified atom stereocenters. The van der Waals surface area contributed by atoms with Crippen LogP contribution in [-0.2, 0) is 11.3 Å². The van der Waals surface area contributed by atoms with Crippen LogP contribution >= 0.6 is 0 Å². The van der Waals surface area contributed by atoms with Gasteiger partial charge in [0.2, 0.25) is 0 Å². The average Bonchev–Trinajstić information content (AvgIpc) is 3.09. The van der Waals surface area contributed by atoms with Crippen LogP contribution in [0.4, 0.5) is 0 Å². The first-order valence-corrected chi connectivity index (χ1v) is 7.78. The van der Waals surface area contributed by atoms with Crippen molar-refractivity contribution in [2.24, 2.45) is 0 Å². The van der Waals surface area contributed by atoms with Gasteiger partial charge in [0, 0.05) is 25.2 Å². The van der Waals surface area contributed by atoms with Gasteiger partial charge in [-0.2, -0.15) is 0 Å². The molecule has 2 aromatic rings. The molecule has 1 saturated heterocycles. The molecule has 3 rings (SSSR count). The van der Waals surface area contributed by atoms with Crippen LogP contribution in [0.3, 0.4) is 0 Å². The minimum absolute atomic E-state index is 0.0907. The van der Waals surface area contributed by atoms with Crippen LogP contribution in [0.5, 0.6) is 17.2 Å². The van der Waals surface area contributed by atoms with Gasteiger partial charge in [0.25, 0.3) is 0 Å². The van der Waals surface area contributed by atoms with E-state index in [2.05, 4.69) is 15.6 Å². The average molecular weight is 334 g/mol. The largest absolute Gasteiger partial charge is 0.496 e. The summed E-state index contributed by atoms with van der Waals surface area (Å²) in [4.78, 5) is 0. The van der Waals surface area contributed by atoms with Gasteiger partial charge in [0.1, 0.15) is 22.9 Å². The predicted octanol–water partition coefficient (Wildman–Crippen LogP) is 0.959. The summed E-state index contributed by atoms with van der Waals surface area (Å²) in [6, 6.07) is 3.59. The second-order valence-electron chi connectivity index (χ2n) is 5.43. The Morgan fingerprint density at radius 3 is 2.54 bits per heavy atom. The molecule has 0 aliphatic carbocycles. The van der Waals surface area contributed by atoms with E-state index in [0.29, 0.717) is 36.1 Å². The third-order valence-electron chi connectivity index (χ3n) is 3.90. The van der Waals surface area contributed by atoms with Crippen LogP contribution in [0.1, 0.15) is 0 Å². The first-order valence-electron chi connectivity index (χ1n) is 7.78. The van der Waals surface area contributed by atoms with Gasteiger partial charge in [-0.05, 0) is 0 Å². The van der Waals surface area contributed by atoms with Crippen molar-refractivity contribution in [2.45, 2.75) is 12.6 Å². The molecule has 2 heterocycles. The molecule has 1 aromatic heterocycles. The highest BCUT2D eigenvalue weighted by Crippen LogP contribution is 2.40. The van der Waals surface area contributed by atoms with Crippen molar-refractivity contribution in [2.75, 3.05) is 41.0 Å². The molecule has 1 fully saturated rings. The molecule has 0 spiro atoms. The number of benzene rings is 1. The molecule has 0 saturated carbocycles. The van der Waals surface area contributed by atoms with Crippen molar-refractivity contribution >= 4 is 0 Å². The third kappa shape index (κ3) is 3.44. The lowest BCUT2D eigenvalue weighted by atomic mass is 10.1. The molecule has 0 radical (unpaired) electrons. The maximum atomic E-state index is 5.70. The van der Waals surface area contributed by atoms with Crippen molar-refractivity contribution < 1.29 is 18.9 Å². The van der Waals surface area contributed by atoms with Crippen LogP contribution in [0.25, 0.3) is 11.3 Å². The zero-order valence-corrected chi connectivity index (χ0v) is 14.1. The van der Waals surface area contributed by atoms with E-state index >= 15 is 0 Å². The van der Waals surface area contributed by atoms with Crippen molar-refractivity contribution in [3.8, 4) is 28.5 Å². The maximum Gasteiger partial charge on any atom is 0.135 e. The first kappa shape index (κ1) is 16.5. The van der Waals surface area contributed by atoms with Gasteiger partial charge in [-0.3, -0.25) is 0 Å². The summed E-state index contributed by atoms with van der Waals surface area (Å²) >= 11 is 0. The molecule has 0 amide bonds. The van der Waals surface area contributed by atoms with E-state index in [1.165, 1.54) is 0 Å². The van der Waals surface area contributed by atoms with E-state index in [4.69, 9.17) is 18.9 Å². The fourth-order valence-corrected chi connectivity index (χ4v) is 2.71. The van der Waals surface area contributed by atoms with Gasteiger partial charge in [-0.25, -0.2) is 4.68 Å². The van der Waals surface area contributed by atoms with Gasteiger partial charge < -0.3 is 24.3 Å². The Balaban J connectivity index is 1.88. The quantitative estimate of drug-likeness (QED) is 0.843. The Hall–Kier alpha value is -2.32. The minimum atomic E-state index is 0.0907. The number of aromatic nitrogens is 3. The third-order valence-corrected chi connectivity index (χ3v) is 3.90. The van der Waals surface area contributed by atoms with Gasteiger partial charge >= 0.3 is 0 Å². The van der Waals surface area contributed by atoms with E-state index in [1.54, 1.807) is 38.1 Å². The summed E-state index contributed by atoms with van der Waals surface area (Å²) in [7, 11) is 4.80. The van der Waals surface area contributed by atoms with Crippen LogP contribution < -0.4 is 19.5 Å². The molecule has 1 aromatic carbocycles. The van der Waals surface area contributed by atoms with E-state index < -0.39 is 0 Å². The number of rotatable bonds is 6. The molecule has 130 valence electrons.